The maximum absolute atomic E-state index is 11.7. The molecule has 0 unspecified atom stereocenters. The molecule has 0 radical (unpaired) electrons. The van der Waals surface area contributed by atoms with Crippen LogP contribution in [-0.4, -0.2) is 57.8 Å². The van der Waals surface area contributed by atoms with Crippen LogP contribution in [-0.2, 0) is 10.0 Å². The molecule has 0 bridgehead atoms. The lowest BCUT2D eigenvalue weighted by atomic mass is 9.67. The third-order valence-corrected chi connectivity index (χ3v) is 7.82. The first-order chi connectivity index (χ1) is 11.0. The van der Waals surface area contributed by atoms with Crippen LogP contribution < -0.4 is 10.0 Å². The van der Waals surface area contributed by atoms with Crippen LogP contribution in [0.2, 0.25) is 0 Å². The third kappa shape index (κ3) is 5.31. The van der Waals surface area contributed by atoms with Crippen molar-refractivity contribution < 1.29 is 8.42 Å². The minimum absolute atomic E-state index is 0. The standard InChI is InChI=1S/C17H33N3O2S.ClH/c1-2-23(21,22)19-16-3-6-17(7-4-16)8-11-20(12-9-17)14-15-5-10-18-13-15;/h15-16,18-19H,2-14H2,1H3;1H/t15-;/m1./s1. The van der Waals surface area contributed by atoms with E-state index in [-0.39, 0.29) is 24.2 Å². The Labute approximate surface area is 153 Å². The van der Waals surface area contributed by atoms with Crippen molar-refractivity contribution in [1.82, 2.24) is 14.9 Å². The summed E-state index contributed by atoms with van der Waals surface area (Å²) in [5.41, 5.74) is 0.499. The number of sulfonamides is 1. The molecule has 0 aromatic rings. The molecule has 7 heteroatoms. The van der Waals surface area contributed by atoms with E-state index in [0.29, 0.717) is 5.41 Å². The predicted octanol–water partition coefficient (Wildman–Crippen LogP) is 1.98. The van der Waals surface area contributed by atoms with Gasteiger partial charge in [0.1, 0.15) is 0 Å². The summed E-state index contributed by atoms with van der Waals surface area (Å²) in [6.45, 7) is 7.84. The van der Waals surface area contributed by atoms with Gasteiger partial charge in [-0.1, -0.05) is 0 Å². The Morgan fingerprint density at radius 2 is 1.79 bits per heavy atom. The first kappa shape index (κ1) is 20.4. The van der Waals surface area contributed by atoms with Gasteiger partial charge in [0.15, 0.2) is 0 Å². The molecule has 24 heavy (non-hydrogen) atoms. The molecule has 2 heterocycles. The molecular formula is C17H34ClN3O2S. The molecule has 1 spiro atoms. The van der Waals surface area contributed by atoms with E-state index in [0.717, 1.165) is 18.8 Å². The van der Waals surface area contributed by atoms with Gasteiger partial charge in [-0.2, -0.15) is 0 Å². The van der Waals surface area contributed by atoms with Crippen LogP contribution in [0.1, 0.15) is 51.9 Å². The van der Waals surface area contributed by atoms with Crippen molar-refractivity contribution in [2.45, 2.75) is 57.9 Å². The topological polar surface area (TPSA) is 61.4 Å². The lowest BCUT2D eigenvalue weighted by molar-refractivity contribution is 0.0550. The maximum Gasteiger partial charge on any atom is 0.211 e. The summed E-state index contributed by atoms with van der Waals surface area (Å²) in [5.74, 6) is 1.04. The highest BCUT2D eigenvalue weighted by molar-refractivity contribution is 7.89. The molecule has 0 aromatic carbocycles. The Bertz CT molecular complexity index is 476. The van der Waals surface area contributed by atoms with Crippen LogP contribution in [0.5, 0.6) is 0 Å². The molecule has 5 nitrogen and oxygen atoms in total. The van der Waals surface area contributed by atoms with E-state index < -0.39 is 10.0 Å². The van der Waals surface area contributed by atoms with Gasteiger partial charge in [-0.3, -0.25) is 0 Å². The number of nitrogens with one attached hydrogen (secondary N) is 2. The molecular weight excluding hydrogens is 346 g/mol. The van der Waals surface area contributed by atoms with E-state index in [1.807, 2.05) is 0 Å². The van der Waals surface area contributed by atoms with Crippen LogP contribution in [0.25, 0.3) is 0 Å². The second-order valence-corrected chi connectivity index (χ2v) is 10.00. The summed E-state index contributed by atoms with van der Waals surface area (Å²) in [6, 6.07) is 0.174. The molecule has 0 amide bonds. The van der Waals surface area contributed by atoms with E-state index in [4.69, 9.17) is 0 Å². The van der Waals surface area contributed by atoms with Gasteiger partial charge in [-0.05, 0) is 89.4 Å². The summed E-state index contributed by atoms with van der Waals surface area (Å²) in [4.78, 5) is 2.66. The Hall–Kier alpha value is 0.120. The molecule has 0 aromatic heterocycles. The summed E-state index contributed by atoms with van der Waals surface area (Å²) in [6.07, 6.45) is 8.38. The lowest BCUT2D eigenvalue weighted by Gasteiger charge is -2.46. The van der Waals surface area contributed by atoms with Crippen molar-refractivity contribution in [2.75, 3.05) is 38.5 Å². The fraction of sp³-hybridized carbons (Fsp3) is 1.00. The number of halogens is 1. The van der Waals surface area contributed by atoms with Gasteiger partial charge >= 0.3 is 0 Å². The second kappa shape index (κ2) is 8.67. The lowest BCUT2D eigenvalue weighted by Crippen LogP contribution is -2.46. The summed E-state index contributed by atoms with van der Waals surface area (Å²) in [5, 5.41) is 3.46. The van der Waals surface area contributed by atoms with Gasteiger partial charge in [-0.25, -0.2) is 13.1 Å². The van der Waals surface area contributed by atoms with Crippen molar-refractivity contribution in [3.63, 3.8) is 0 Å². The molecule has 1 aliphatic carbocycles. The van der Waals surface area contributed by atoms with Gasteiger partial charge in [0.05, 0.1) is 5.75 Å². The van der Waals surface area contributed by atoms with E-state index in [9.17, 15) is 8.42 Å². The Morgan fingerprint density at radius 3 is 2.33 bits per heavy atom. The van der Waals surface area contributed by atoms with Crippen LogP contribution >= 0.6 is 12.4 Å². The van der Waals surface area contributed by atoms with Crippen molar-refractivity contribution >= 4 is 22.4 Å². The highest BCUT2D eigenvalue weighted by Crippen LogP contribution is 2.44. The number of piperidine rings is 1. The Kier molecular flexibility index (Phi) is 7.38. The fourth-order valence-corrected chi connectivity index (χ4v) is 5.54. The number of hydrogen-bond donors (Lipinski definition) is 2. The molecule has 142 valence electrons. The summed E-state index contributed by atoms with van der Waals surface area (Å²) >= 11 is 0. The molecule has 1 atom stereocenters. The SMILES string of the molecule is CCS(=O)(=O)NC1CCC2(CC1)CCN(C[C@@H]1CCNC1)CC2.Cl. The van der Waals surface area contributed by atoms with Gasteiger partial charge < -0.3 is 10.2 Å². The van der Waals surface area contributed by atoms with Crippen LogP contribution in [0.3, 0.4) is 0 Å². The zero-order valence-corrected chi connectivity index (χ0v) is 16.6. The average Bonchev–Trinajstić information content (AvgIpc) is 3.05. The zero-order chi connectivity index (χ0) is 16.3. The van der Waals surface area contributed by atoms with E-state index >= 15 is 0 Å². The molecule has 3 rings (SSSR count). The van der Waals surface area contributed by atoms with Gasteiger partial charge in [0, 0.05) is 12.6 Å². The van der Waals surface area contributed by atoms with Crippen molar-refractivity contribution in [3.05, 3.63) is 0 Å². The van der Waals surface area contributed by atoms with Crippen LogP contribution in [0.4, 0.5) is 0 Å². The van der Waals surface area contributed by atoms with Gasteiger partial charge in [-0.15, -0.1) is 12.4 Å². The maximum atomic E-state index is 11.7. The van der Waals surface area contributed by atoms with E-state index in [1.165, 1.54) is 64.8 Å². The molecule has 1 saturated carbocycles. The minimum atomic E-state index is -3.05. The highest BCUT2D eigenvalue weighted by Gasteiger charge is 2.39. The van der Waals surface area contributed by atoms with Crippen LogP contribution in [0.15, 0.2) is 0 Å². The Balaban J connectivity index is 0.00000208. The quantitative estimate of drug-likeness (QED) is 0.766. The molecule has 2 aliphatic heterocycles. The number of nitrogens with zero attached hydrogens (tertiary/aromatic N) is 1. The first-order valence-electron chi connectivity index (χ1n) is 9.43. The molecule has 2 saturated heterocycles. The van der Waals surface area contributed by atoms with Gasteiger partial charge in [0.25, 0.3) is 0 Å². The molecule has 3 aliphatic rings. The third-order valence-electron chi connectivity index (χ3n) is 6.37. The van der Waals surface area contributed by atoms with E-state index in [2.05, 4.69) is 14.9 Å². The molecule has 2 N–H and O–H groups in total. The first-order valence-corrected chi connectivity index (χ1v) is 11.1. The second-order valence-electron chi connectivity index (χ2n) is 7.95. The smallest absolute Gasteiger partial charge is 0.211 e. The van der Waals surface area contributed by atoms with Crippen LogP contribution in [0, 0.1) is 11.3 Å². The highest BCUT2D eigenvalue weighted by atomic mass is 35.5. The largest absolute Gasteiger partial charge is 0.316 e. The summed E-state index contributed by atoms with van der Waals surface area (Å²) < 4.78 is 26.3. The normalized spacial score (nSPS) is 28.8. The number of likely N-dealkylation sites (tertiary alicyclic amines) is 1. The fourth-order valence-electron chi connectivity index (χ4n) is 4.63. The van der Waals surface area contributed by atoms with E-state index in [1.54, 1.807) is 6.92 Å². The average molecular weight is 380 g/mol. The Morgan fingerprint density at radius 1 is 1.12 bits per heavy atom. The number of rotatable bonds is 5. The predicted molar refractivity (Wildman–Crippen MR) is 101 cm³/mol. The minimum Gasteiger partial charge on any atom is -0.316 e. The molecule has 3 fully saturated rings. The van der Waals surface area contributed by atoms with Crippen molar-refractivity contribution in [3.8, 4) is 0 Å². The van der Waals surface area contributed by atoms with Crippen molar-refractivity contribution in [2.24, 2.45) is 11.3 Å². The monoisotopic (exact) mass is 379 g/mol. The van der Waals surface area contributed by atoms with Crippen molar-refractivity contribution in [1.29, 1.82) is 0 Å². The zero-order valence-electron chi connectivity index (χ0n) is 14.9. The number of hydrogen-bond acceptors (Lipinski definition) is 4. The summed E-state index contributed by atoms with van der Waals surface area (Å²) in [7, 11) is -3.05. The van der Waals surface area contributed by atoms with Gasteiger partial charge in [0.2, 0.25) is 10.0 Å².